The molecule has 0 radical (unpaired) electrons. The SMILES string of the molecule is Cc1ccc(CN[C@H](C)c2ccc(Oc3cccnc3)c(F)c2)nc1. The predicted molar refractivity (Wildman–Crippen MR) is 94.9 cm³/mol. The summed E-state index contributed by atoms with van der Waals surface area (Å²) in [6.07, 6.45) is 5.03. The van der Waals surface area contributed by atoms with Crippen LogP contribution < -0.4 is 10.1 Å². The van der Waals surface area contributed by atoms with E-state index in [1.165, 1.54) is 6.07 Å². The van der Waals surface area contributed by atoms with E-state index >= 15 is 0 Å². The van der Waals surface area contributed by atoms with Crippen molar-refractivity contribution in [3.05, 3.63) is 83.7 Å². The molecule has 0 amide bonds. The van der Waals surface area contributed by atoms with Crippen LogP contribution in [0.4, 0.5) is 4.39 Å². The molecule has 25 heavy (non-hydrogen) atoms. The molecule has 3 aromatic rings. The highest BCUT2D eigenvalue weighted by Crippen LogP contribution is 2.26. The number of hydrogen-bond donors (Lipinski definition) is 1. The van der Waals surface area contributed by atoms with Gasteiger partial charge in [0.15, 0.2) is 11.6 Å². The van der Waals surface area contributed by atoms with Crippen molar-refractivity contribution < 1.29 is 9.13 Å². The maximum atomic E-state index is 14.3. The van der Waals surface area contributed by atoms with Crippen molar-refractivity contribution in [1.29, 1.82) is 0 Å². The molecule has 2 aromatic heterocycles. The Morgan fingerprint density at radius 3 is 2.72 bits per heavy atom. The lowest BCUT2D eigenvalue weighted by molar-refractivity contribution is 0.438. The quantitative estimate of drug-likeness (QED) is 0.716. The van der Waals surface area contributed by atoms with Gasteiger partial charge in [0.2, 0.25) is 0 Å². The number of nitrogens with zero attached hydrogens (tertiary/aromatic N) is 2. The van der Waals surface area contributed by atoms with Crippen molar-refractivity contribution in [3.8, 4) is 11.5 Å². The maximum Gasteiger partial charge on any atom is 0.166 e. The van der Waals surface area contributed by atoms with Gasteiger partial charge in [0.1, 0.15) is 5.75 Å². The summed E-state index contributed by atoms with van der Waals surface area (Å²) < 4.78 is 19.8. The second-order valence-corrected chi connectivity index (χ2v) is 5.91. The van der Waals surface area contributed by atoms with Crippen LogP contribution in [-0.2, 0) is 6.54 Å². The Morgan fingerprint density at radius 1 is 1.16 bits per heavy atom. The zero-order valence-electron chi connectivity index (χ0n) is 14.2. The molecule has 0 bridgehead atoms. The van der Waals surface area contributed by atoms with E-state index in [-0.39, 0.29) is 11.8 Å². The van der Waals surface area contributed by atoms with Gasteiger partial charge < -0.3 is 10.1 Å². The lowest BCUT2D eigenvalue weighted by atomic mass is 10.1. The summed E-state index contributed by atoms with van der Waals surface area (Å²) in [5.74, 6) is 0.290. The molecule has 3 rings (SSSR count). The fraction of sp³-hybridized carbons (Fsp3) is 0.200. The van der Waals surface area contributed by atoms with Crippen LogP contribution in [0.15, 0.2) is 61.1 Å². The van der Waals surface area contributed by atoms with Gasteiger partial charge in [-0.15, -0.1) is 0 Å². The smallest absolute Gasteiger partial charge is 0.166 e. The van der Waals surface area contributed by atoms with Gasteiger partial charge in [-0.2, -0.15) is 0 Å². The molecule has 0 saturated carbocycles. The molecule has 0 spiro atoms. The third-order valence-corrected chi connectivity index (χ3v) is 3.88. The lowest BCUT2D eigenvalue weighted by Crippen LogP contribution is -2.18. The number of ether oxygens (including phenoxy) is 1. The first-order chi connectivity index (χ1) is 12.1. The van der Waals surface area contributed by atoms with Gasteiger partial charge in [0.05, 0.1) is 11.9 Å². The standard InChI is InChI=1S/C20H20FN3O/c1-14-5-7-17(24-11-14)12-23-15(2)16-6-8-20(19(21)10-16)25-18-4-3-9-22-13-18/h3-11,13,15,23H,12H2,1-2H3/t15-/m1/s1. The topological polar surface area (TPSA) is 47.0 Å². The first kappa shape index (κ1) is 17.0. The normalized spacial score (nSPS) is 12.0. The molecule has 0 unspecified atom stereocenters. The van der Waals surface area contributed by atoms with Crippen LogP contribution in [0.1, 0.15) is 29.8 Å². The zero-order valence-corrected chi connectivity index (χ0v) is 14.2. The van der Waals surface area contributed by atoms with Gasteiger partial charge in [-0.1, -0.05) is 12.1 Å². The number of halogens is 1. The minimum atomic E-state index is -0.400. The van der Waals surface area contributed by atoms with Gasteiger partial charge in [0, 0.05) is 25.0 Å². The van der Waals surface area contributed by atoms with Crippen LogP contribution in [0, 0.1) is 12.7 Å². The lowest BCUT2D eigenvalue weighted by Gasteiger charge is -2.15. The van der Waals surface area contributed by atoms with E-state index in [9.17, 15) is 4.39 Å². The van der Waals surface area contributed by atoms with Gasteiger partial charge >= 0.3 is 0 Å². The van der Waals surface area contributed by atoms with Crippen molar-refractivity contribution in [1.82, 2.24) is 15.3 Å². The molecular weight excluding hydrogens is 317 g/mol. The second kappa shape index (κ2) is 7.85. The molecule has 1 atom stereocenters. The molecule has 0 fully saturated rings. The maximum absolute atomic E-state index is 14.3. The third-order valence-electron chi connectivity index (χ3n) is 3.88. The molecule has 5 heteroatoms. The highest BCUT2D eigenvalue weighted by atomic mass is 19.1. The van der Waals surface area contributed by atoms with E-state index in [0.717, 1.165) is 16.8 Å². The highest BCUT2D eigenvalue weighted by molar-refractivity contribution is 5.34. The van der Waals surface area contributed by atoms with Crippen molar-refractivity contribution in [2.75, 3.05) is 0 Å². The number of pyridine rings is 2. The molecule has 0 aliphatic rings. The number of aromatic nitrogens is 2. The minimum absolute atomic E-state index is 0.00922. The molecule has 0 saturated heterocycles. The fourth-order valence-corrected chi connectivity index (χ4v) is 2.38. The summed E-state index contributed by atoms with van der Waals surface area (Å²) in [4.78, 5) is 8.31. The Labute approximate surface area is 146 Å². The Bertz CT molecular complexity index is 822. The van der Waals surface area contributed by atoms with E-state index < -0.39 is 5.82 Å². The number of hydrogen-bond acceptors (Lipinski definition) is 4. The Morgan fingerprint density at radius 2 is 2.04 bits per heavy atom. The van der Waals surface area contributed by atoms with Gasteiger partial charge in [0.25, 0.3) is 0 Å². The Kier molecular flexibility index (Phi) is 5.36. The van der Waals surface area contributed by atoms with E-state index in [1.807, 2.05) is 38.2 Å². The Hall–Kier alpha value is -2.79. The molecule has 1 N–H and O–H groups in total. The largest absolute Gasteiger partial charge is 0.453 e. The molecule has 2 heterocycles. The summed E-state index contributed by atoms with van der Waals surface area (Å²) in [7, 11) is 0. The summed E-state index contributed by atoms with van der Waals surface area (Å²) >= 11 is 0. The number of aryl methyl sites for hydroxylation is 1. The molecule has 128 valence electrons. The molecule has 4 nitrogen and oxygen atoms in total. The number of rotatable bonds is 6. The van der Waals surface area contributed by atoms with Gasteiger partial charge in [-0.05, 0) is 55.3 Å². The summed E-state index contributed by atoms with van der Waals surface area (Å²) in [6, 6.07) is 12.5. The van der Waals surface area contributed by atoms with E-state index in [0.29, 0.717) is 12.3 Å². The van der Waals surface area contributed by atoms with Gasteiger partial charge in [-0.3, -0.25) is 9.97 Å². The van der Waals surface area contributed by atoms with E-state index in [1.54, 1.807) is 30.6 Å². The molecule has 1 aromatic carbocycles. The second-order valence-electron chi connectivity index (χ2n) is 5.91. The van der Waals surface area contributed by atoms with Crippen molar-refractivity contribution in [3.63, 3.8) is 0 Å². The minimum Gasteiger partial charge on any atom is -0.453 e. The van der Waals surface area contributed by atoms with Crippen molar-refractivity contribution >= 4 is 0 Å². The van der Waals surface area contributed by atoms with Crippen LogP contribution in [0.5, 0.6) is 11.5 Å². The summed E-state index contributed by atoms with van der Waals surface area (Å²) in [6.45, 7) is 4.62. The van der Waals surface area contributed by atoms with Gasteiger partial charge in [-0.25, -0.2) is 4.39 Å². The van der Waals surface area contributed by atoms with Crippen LogP contribution >= 0.6 is 0 Å². The highest BCUT2D eigenvalue weighted by Gasteiger charge is 2.11. The summed E-state index contributed by atoms with van der Waals surface area (Å²) in [5, 5.41) is 3.35. The Balaban J connectivity index is 1.64. The first-order valence-corrected chi connectivity index (χ1v) is 8.14. The number of benzene rings is 1. The van der Waals surface area contributed by atoms with E-state index in [2.05, 4.69) is 15.3 Å². The van der Waals surface area contributed by atoms with Crippen LogP contribution in [0.25, 0.3) is 0 Å². The third kappa shape index (κ3) is 4.61. The molecule has 0 aliphatic heterocycles. The summed E-state index contributed by atoms with van der Waals surface area (Å²) in [5.41, 5.74) is 2.93. The molecular formula is C20H20FN3O. The predicted octanol–water partition coefficient (Wildman–Crippen LogP) is 4.57. The molecule has 0 aliphatic carbocycles. The number of nitrogens with one attached hydrogen (secondary N) is 1. The first-order valence-electron chi connectivity index (χ1n) is 8.14. The van der Waals surface area contributed by atoms with Crippen LogP contribution in [0.3, 0.4) is 0 Å². The van der Waals surface area contributed by atoms with Crippen molar-refractivity contribution in [2.45, 2.75) is 26.4 Å². The van der Waals surface area contributed by atoms with E-state index in [4.69, 9.17) is 4.74 Å². The monoisotopic (exact) mass is 337 g/mol. The average molecular weight is 337 g/mol. The zero-order chi connectivity index (χ0) is 17.6. The van der Waals surface area contributed by atoms with Crippen LogP contribution in [0.2, 0.25) is 0 Å². The average Bonchev–Trinajstić information content (AvgIpc) is 2.63. The fourth-order valence-electron chi connectivity index (χ4n) is 2.38. The van der Waals surface area contributed by atoms with Crippen LogP contribution in [-0.4, -0.2) is 9.97 Å². The van der Waals surface area contributed by atoms with Crippen molar-refractivity contribution in [2.24, 2.45) is 0 Å².